The molecule has 2 nitrogen and oxygen atoms in total. The molecule has 1 atom stereocenters. The van der Waals surface area contributed by atoms with Crippen molar-refractivity contribution in [2.45, 2.75) is 25.9 Å². The van der Waals surface area contributed by atoms with Gasteiger partial charge in [-0.15, -0.1) is 0 Å². The van der Waals surface area contributed by atoms with Gasteiger partial charge in [-0.3, -0.25) is 0 Å². The van der Waals surface area contributed by atoms with Crippen LogP contribution in [0.2, 0.25) is 0 Å². The molecule has 0 bridgehead atoms. The number of ether oxygens (including phenoxy) is 1. The van der Waals surface area contributed by atoms with Gasteiger partial charge in [-0.2, -0.15) is 0 Å². The molecule has 3 aromatic carbocycles. The van der Waals surface area contributed by atoms with Crippen molar-refractivity contribution >= 4 is 0 Å². The highest BCUT2D eigenvalue weighted by atomic mass is 19.1. The van der Waals surface area contributed by atoms with Crippen LogP contribution in [0.25, 0.3) is 0 Å². The van der Waals surface area contributed by atoms with Gasteiger partial charge in [0, 0.05) is 5.92 Å². The Bertz CT molecular complexity index is 845. The smallest absolute Gasteiger partial charge is 0.123 e. The molecule has 0 aliphatic carbocycles. The quantitative estimate of drug-likeness (QED) is 0.651. The Morgan fingerprint density at radius 1 is 0.923 bits per heavy atom. The first-order valence-corrected chi connectivity index (χ1v) is 8.87. The van der Waals surface area contributed by atoms with Gasteiger partial charge in [0.2, 0.25) is 0 Å². The van der Waals surface area contributed by atoms with Crippen molar-refractivity contribution in [1.82, 2.24) is 0 Å². The van der Waals surface area contributed by atoms with Gasteiger partial charge < -0.3 is 10.5 Å². The zero-order chi connectivity index (χ0) is 18.4. The fourth-order valence-electron chi connectivity index (χ4n) is 3.07. The lowest BCUT2D eigenvalue weighted by molar-refractivity contribution is 0.306. The van der Waals surface area contributed by atoms with E-state index in [0.29, 0.717) is 13.2 Å². The van der Waals surface area contributed by atoms with Gasteiger partial charge in [0.05, 0.1) is 0 Å². The Balaban J connectivity index is 1.61. The second-order valence-corrected chi connectivity index (χ2v) is 6.61. The predicted molar refractivity (Wildman–Crippen MR) is 104 cm³/mol. The fraction of sp³-hybridized carbons (Fsp3) is 0.217. The van der Waals surface area contributed by atoms with Gasteiger partial charge in [0.1, 0.15) is 18.2 Å². The Kier molecular flexibility index (Phi) is 6.03. The third-order valence-corrected chi connectivity index (χ3v) is 4.50. The molecule has 26 heavy (non-hydrogen) atoms. The normalized spacial score (nSPS) is 12.0. The van der Waals surface area contributed by atoms with Crippen LogP contribution in [-0.2, 0) is 13.0 Å². The van der Waals surface area contributed by atoms with Crippen molar-refractivity contribution in [1.29, 1.82) is 0 Å². The average molecular weight is 349 g/mol. The maximum atomic E-state index is 13.4. The topological polar surface area (TPSA) is 35.2 Å². The third-order valence-electron chi connectivity index (χ3n) is 4.50. The molecule has 0 radical (unpaired) electrons. The van der Waals surface area contributed by atoms with E-state index < -0.39 is 0 Å². The number of aryl methyl sites for hydroxylation is 1. The first-order chi connectivity index (χ1) is 12.6. The summed E-state index contributed by atoms with van der Waals surface area (Å²) in [6.07, 6.45) is 0.776. The maximum absolute atomic E-state index is 13.4. The van der Waals surface area contributed by atoms with Gasteiger partial charge in [-0.1, -0.05) is 54.1 Å². The predicted octanol–water partition coefficient (Wildman–Crippen LogP) is 5.00. The van der Waals surface area contributed by atoms with Crippen molar-refractivity contribution in [2.24, 2.45) is 5.73 Å². The van der Waals surface area contributed by atoms with Crippen molar-refractivity contribution in [3.05, 3.63) is 101 Å². The number of halogens is 1. The van der Waals surface area contributed by atoms with E-state index in [9.17, 15) is 4.39 Å². The van der Waals surface area contributed by atoms with E-state index >= 15 is 0 Å². The summed E-state index contributed by atoms with van der Waals surface area (Å²) in [6, 6.07) is 23.0. The molecule has 0 spiro atoms. The third kappa shape index (κ3) is 4.93. The number of rotatable bonds is 7. The van der Waals surface area contributed by atoms with Gasteiger partial charge in [0.15, 0.2) is 0 Å². The molecule has 0 fully saturated rings. The lowest BCUT2D eigenvalue weighted by atomic mass is 9.92. The number of benzene rings is 3. The maximum Gasteiger partial charge on any atom is 0.123 e. The van der Waals surface area contributed by atoms with Crippen LogP contribution in [0.4, 0.5) is 4.39 Å². The molecule has 3 rings (SSSR count). The monoisotopic (exact) mass is 349 g/mol. The summed E-state index contributed by atoms with van der Waals surface area (Å²) in [6.45, 7) is 3.11. The van der Waals surface area contributed by atoms with Crippen LogP contribution in [0.15, 0.2) is 72.8 Å². The van der Waals surface area contributed by atoms with Crippen LogP contribution >= 0.6 is 0 Å². The fourth-order valence-corrected chi connectivity index (χ4v) is 3.07. The van der Waals surface area contributed by atoms with Crippen molar-refractivity contribution in [2.75, 3.05) is 6.54 Å². The van der Waals surface area contributed by atoms with Gasteiger partial charge in [-0.25, -0.2) is 4.39 Å². The summed E-state index contributed by atoms with van der Waals surface area (Å²) in [5, 5.41) is 0. The lowest BCUT2D eigenvalue weighted by Crippen LogP contribution is -2.15. The van der Waals surface area contributed by atoms with E-state index in [1.165, 1.54) is 11.6 Å². The summed E-state index contributed by atoms with van der Waals surface area (Å²) in [4.78, 5) is 0. The highest BCUT2D eigenvalue weighted by Crippen LogP contribution is 2.22. The second-order valence-electron chi connectivity index (χ2n) is 6.61. The molecular weight excluding hydrogens is 325 g/mol. The summed E-state index contributed by atoms with van der Waals surface area (Å²) in [7, 11) is 0. The largest absolute Gasteiger partial charge is 0.489 e. The molecule has 2 N–H and O–H groups in total. The highest BCUT2D eigenvalue weighted by Gasteiger charge is 2.11. The summed E-state index contributed by atoms with van der Waals surface area (Å²) >= 11 is 0. The lowest BCUT2D eigenvalue weighted by Gasteiger charge is -2.16. The minimum absolute atomic E-state index is 0.102. The van der Waals surface area contributed by atoms with E-state index in [0.717, 1.165) is 28.9 Å². The standard InChI is InChI=1S/C23H24FNO/c1-17-4-2-5-19(12-17)16-26-23-10-8-18(9-11-23)13-21(15-25)20-6-3-7-22(24)14-20/h2-12,14,21H,13,15-16,25H2,1H3. The minimum Gasteiger partial charge on any atom is -0.489 e. The molecule has 0 amide bonds. The van der Waals surface area contributed by atoms with Gasteiger partial charge in [-0.05, 0) is 60.8 Å². The second kappa shape index (κ2) is 8.63. The number of hydrogen-bond acceptors (Lipinski definition) is 2. The van der Waals surface area contributed by atoms with E-state index in [1.54, 1.807) is 12.1 Å². The van der Waals surface area contributed by atoms with Gasteiger partial charge in [0.25, 0.3) is 0 Å². The summed E-state index contributed by atoms with van der Waals surface area (Å²) in [5.41, 5.74) is 10.4. The molecule has 0 saturated heterocycles. The molecule has 3 heteroatoms. The Labute approximate surface area is 154 Å². The van der Waals surface area contributed by atoms with E-state index in [2.05, 4.69) is 25.1 Å². The van der Waals surface area contributed by atoms with E-state index in [-0.39, 0.29) is 11.7 Å². The van der Waals surface area contributed by atoms with Crippen LogP contribution in [0.5, 0.6) is 5.75 Å². The van der Waals surface area contributed by atoms with Crippen molar-refractivity contribution in [3.8, 4) is 5.75 Å². The first-order valence-electron chi connectivity index (χ1n) is 8.87. The van der Waals surface area contributed by atoms with E-state index in [1.807, 2.05) is 36.4 Å². The van der Waals surface area contributed by atoms with Crippen LogP contribution < -0.4 is 10.5 Å². The molecule has 0 heterocycles. The zero-order valence-electron chi connectivity index (χ0n) is 15.0. The molecule has 0 aliphatic heterocycles. The molecule has 3 aromatic rings. The summed E-state index contributed by atoms with van der Waals surface area (Å²) < 4.78 is 19.3. The van der Waals surface area contributed by atoms with Crippen LogP contribution in [0.3, 0.4) is 0 Å². The Morgan fingerprint density at radius 2 is 1.69 bits per heavy atom. The van der Waals surface area contributed by atoms with Crippen LogP contribution in [0, 0.1) is 12.7 Å². The van der Waals surface area contributed by atoms with Crippen molar-refractivity contribution < 1.29 is 9.13 Å². The number of nitrogens with two attached hydrogens (primary N) is 1. The molecule has 0 aliphatic rings. The van der Waals surface area contributed by atoms with Crippen molar-refractivity contribution in [3.63, 3.8) is 0 Å². The van der Waals surface area contributed by atoms with Crippen LogP contribution in [0.1, 0.15) is 28.2 Å². The molecule has 1 unspecified atom stereocenters. The zero-order valence-corrected chi connectivity index (χ0v) is 15.0. The Hall–Kier alpha value is -2.65. The Morgan fingerprint density at radius 3 is 2.38 bits per heavy atom. The summed E-state index contributed by atoms with van der Waals surface area (Å²) in [5.74, 6) is 0.718. The highest BCUT2D eigenvalue weighted by molar-refractivity contribution is 5.31. The SMILES string of the molecule is Cc1cccc(COc2ccc(CC(CN)c3cccc(F)c3)cc2)c1. The molecular formula is C23H24FNO. The van der Waals surface area contributed by atoms with Gasteiger partial charge >= 0.3 is 0 Å². The average Bonchev–Trinajstić information content (AvgIpc) is 2.65. The first kappa shape index (κ1) is 18.2. The molecule has 0 aromatic heterocycles. The molecule has 0 saturated carbocycles. The van der Waals surface area contributed by atoms with Crippen LogP contribution in [-0.4, -0.2) is 6.54 Å². The van der Waals surface area contributed by atoms with E-state index in [4.69, 9.17) is 10.5 Å². The molecule has 134 valence electrons. The number of hydrogen-bond donors (Lipinski definition) is 1. The minimum atomic E-state index is -0.221.